The fourth-order valence-corrected chi connectivity index (χ4v) is 2.64. The summed E-state index contributed by atoms with van der Waals surface area (Å²) in [4.78, 5) is 18.3. The SMILES string of the molecule is O=C(c1ccc(Br)cn1)N1CCC(n2ccnn2)CC1. The van der Waals surface area contributed by atoms with Crippen LogP contribution in [0.4, 0.5) is 0 Å². The van der Waals surface area contributed by atoms with Crippen molar-refractivity contribution in [3.63, 3.8) is 0 Å². The molecule has 1 amide bonds. The van der Waals surface area contributed by atoms with Crippen molar-refractivity contribution in [2.75, 3.05) is 13.1 Å². The Kier molecular flexibility index (Phi) is 3.77. The molecule has 1 aliphatic rings. The molecule has 6 nitrogen and oxygen atoms in total. The highest BCUT2D eigenvalue weighted by Crippen LogP contribution is 2.22. The van der Waals surface area contributed by atoms with E-state index in [1.54, 1.807) is 18.5 Å². The van der Waals surface area contributed by atoms with Gasteiger partial charge in [-0.3, -0.25) is 4.79 Å². The van der Waals surface area contributed by atoms with Gasteiger partial charge in [0.05, 0.1) is 12.2 Å². The molecule has 2 aromatic rings. The minimum absolute atomic E-state index is 0.00506. The van der Waals surface area contributed by atoms with Gasteiger partial charge in [0.15, 0.2) is 0 Å². The lowest BCUT2D eigenvalue weighted by Gasteiger charge is -2.31. The fourth-order valence-electron chi connectivity index (χ4n) is 2.41. The quantitative estimate of drug-likeness (QED) is 0.840. The third-order valence-electron chi connectivity index (χ3n) is 3.51. The molecule has 20 heavy (non-hydrogen) atoms. The molecule has 104 valence electrons. The number of aromatic nitrogens is 4. The van der Waals surface area contributed by atoms with Gasteiger partial charge in [0, 0.05) is 30.0 Å². The molecule has 1 saturated heterocycles. The van der Waals surface area contributed by atoms with Crippen molar-refractivity contribution in [2.45, 2.75) is 18.9 Å². The van der Waals surface area contributed by atoms with E-state index in [0.29, 0.717) is 11.7 Å². The highest BCUT2D eigenvalue weighted by molar-refractivity contribution is 9.10. The summed E-state index contributed by atoms with van der Waals surface area (Å²) in [6.45, 7) is 1.45. The maximum atomic E-state index is 12.3. The lowest BCUT2D eigenvalue weighted by atomic mass is 10.0. The zero-order chi connectivity index (χ0) is 13.9. The van der Waals surface area contributed by atoms with Gasteiger partial charge in [-0.05, 0) is 40.9 Å². The molecule has 0 aliphatic carbocycles. The molecule has 1 fully saturated rings. The minimum Gasteiger partial charge on any atom is -0.337 e. The van der Waals surface area contributed by atoms with Crippen LogP contribution in [0.25, 0.3) is 0 Å². The van der Waals surface area contributed by atoms with Crippen molar-refractivity contribution in [1.82, 2.24) is 24.9 Å². The maximum Gasteiger partial charge on any atom is 0.272 e. The van der Waals surface area contributed by atoms with Crippen LogP contribution in [0.15, 0.2) is 35.2 Å². The normalized spacial score (nSPS) is 16.4. The van der Waals surface area contributed by atoms with E-state index in [1.165, 1.54) is 0 Å². The smallest absolute Gasteiger partial charge is 0.272 e. The summed E-state index contributed by atoms with van der Waals surface area (Å²) in [5.41, 5.74) is 0.493. The second-order valence-electron chi connectivity index (χ2n) is 4.77. The highest BCUT2D eigenvalue weighted by atomic mass is 79.9. The van der Waals surface area contributed by atoms with Gasteiger partial charge in [-0.25, -0.2) is 9.67 Å². The predicted molar refractivity (Wildman–Crippen MR) is 76.1 cm³/mol. The number of hydrogen-bond acceptors (Lipinski definition) is 4. The van der Waals surface area contributed by atoms with E-state index in [4.69, 9.17) is 0 Å². The third-order valence-corrected chi connectivity index (χ3v) is 3.98. The Morgan fingerprint density at radius 3 is 2.70 bits per heavy atom. The zero-order valence-electron chi connectivity index (χ0n) is 10.8. The Bertz CT molecular complexity index is 575. The van der Waals surface area contributed by atoms with E-state index >= 15 is 0 Å². The summed E-state index contributed by atoms with van der Waals surface area (Å²) < 4.78 is 2.75. The number of piperidine rings is 1. The van der Waals surface area contributed by atoms with Gasteiger partial charge in [-0.15, -0.1) is 5.10 Å². The third kappa shape index (κ3) is 2.72. The van der Waals surface area contributed by atoms with Gasteiger partial charge in [0.2, 0.25) is 0 Å². The molecular formula is C13H14BrN5O. The zero-order valence-corrected chi connectivity index (χ0v) is 12.4. The van der Waals surface area contributed by atoms with Gasteiger partial charge in [0.25, 0.3) is 5.91 Å². The first kappa shape index (κ1) is 13.2. The van der Waals surface area contributed by atoms with Gasteiger partial charge in [0.1, 0.15) is 5.69 Å². The Morgan fingerprint density at radius 1 is 1.30 bits per heavy atom. The average molecular weight is 336 g/mol. The van der Waals surface area contributed by atoms with E-state index in [-0.39, 0.29) is 5.91 Å². The van der Waals surface area contributed by atoms with Crippen LogP contribution < -0.4 is 0 Å². The lowest BCUT2D eigenvalue weighted by molar-refractivity contribution is 0.0683. The number of pyridine rings is 1. The van der Waals surface area contributed by atoms with E-state index in [1.807, 2.05) is 21.8 Å². The first-order chi connectivity index (χ1) is 9.74. The number of halogens is 1. The largest absolute Gasteiger partial charge is 0.337 e. The van der Waals surface area contributed by atoms with E-state index < -0.39 is 0 Å². The molecular weight excluding hydrogens is 322 g/mol. The molecule has 0 bridgehead atoms. The Morgan fingerprint density at radius 2 is 2.10 bits per heavy atom. The fraction of sp³-hybridized carbons (Fsp3) is 0.385. The van der Waals surface area contributed by atoms with Crippen LogP contribution in [-0.4, -0.2) is 43.9 Å². The Hall–Kier alpha value is -1.76. The van der Waals surface area contributed by atoms with Crippen LogP contribution in [0.1, 0.15) is 29.4 Å². The van der Waals surface area contributed by atoms with Crippen molar-refractivity contribution in [1.29, 1.82) is 0 Å². The molecule has 2 aromatic heterocycles. The number of likely N-dealkylation sites (tertiary alicyclic amines) is 1. The van der Waals surface area contributed by atoms with Crippen molar-refractivity contribution in [2.24, 2.45) is 0 Å². The average Bonchev–Trinajstić information content (AvgIpc) is 3.02. The minimum atomic E-state index is -0.00506. The standard InChI is InChI=1S/C13H14BrN5O/c14-10-1-2-12(15-9-10)13(20)18-6-3-11(4-7-18)19-8-5-16-17-19/h1-2,5,8-9,11H,3-4,6-7H2. The summed E-state index contributed by atoms with van der Waals surface area (Å²) in [6.07, 6.45) is 6.99. The number of amides is 1. The topological polar surface area (TPSA) is 63.9 Å². The lowest BCUT2D eigenvalue weighted by Crippen LogP contribution is -2.39. The maximum absolute atomic E-state index is 12.3. The number of carbonyl (C=O) groups is 1. The first-order valence-electron chi connectivity index (χ1n) is 6.50. The second-order valence-corrected chi connectivity index (χ2v) is 5.68. The summed E-state index contributed by atoms with van der Waals surface area (Å²) in [5.74, 6) is -0.00506. The van der Waals surface area contributed by atoms with Crippen LogP contribution in [0.2, 0.25) is 0 Å². The molecule has 1 aliphatic heterocycles. The van der Waals surface area contributed by atoms with E-state index in [0.717, 1.165) is 30.4 Å². The number of hydrogen-bond donors (Lipinski definition) is 0. The number of carbonyl (C=O) groups excluding carboxylic acids is 1. The van der Waals surface area contributed by atoms with Crippen molar-refractivity contribution in [3.05, 3.63) is 40.9 Å². The molecule has 7 heteroatoms. The van der Waals surface area contributed by atoms with Crippen LogP contribution in [0.3, 0.4) is 0 Å². The predicted octanol–water partition coefficient (Wildman–Crippen LogP) is 1.91. The van der Waals surface area contributed by atoms with Gasteiger partial charge in [-0.2, -0.15) is 0 Å². The van der Waals surface area contributed by atoms with Crippen molar-refractivity contribution in [3.8, 4) is 0 Å². The van der Waals surface area contributed by atoms with Gasteiger partial charge >= 0.3 is 0 Å². The van der Waals surface area contributed by atoms with Gasteiger partial charge in [-0.1, -0.05) is 5.21 Å². The highest BCUT2D eigenvalue weighted by Gasteiger charge is 2.25. The van der Waals surface area contributed by atoms with Crippen LogP contribution in [-0.2, 0) is 0 Å². The number of nitrogens with zero attached hydrogens (tertiary/aromatic N) is 5. The molecule has 0 N–H and O–H groups in total. The van der Waals surface area contributed by atoms with Crippen LogP contribution in [0, 0.1) is 0 Å². The van der Waals surface area contributed by atoms with Gasteiger partial charge < -0.3 is 4.90 Å². The summed E-state index contributed by atoms with van der Waals surface area (Å²) in [6, 6.07) is 3.91. The molecule has 0 atom stereocenters. The van der Waals surface area contributed by atoms with Crippen molar-refractivity contribution < 1.29 is 4.79 Å². The Labute approximate surface area is 124 Å². The van der Waals surface area contributed by atoms with E-state index in [9.17, 15) is 4.79 Å². The molecule has 3 heterocycles. The Balaban J connectivity index is 1.63. The molecule has 0 aromatic carbocycles. The molecule has 0 spiro atoms. The molecule has 0 unspecified atom stereocenters. The summed E-state index contributed by atoms with van der Waals surface area (Å²) in [5, 5.41) is 7.85. The van der Waals surface area contributed by atoms with Crippen LogP contribution in [0.5, 0.6) is 0 Å². The number of rotatable bonds is 2. The van der Waals surface area contributed by atoms with Crippen LogP contribution >= 0.6 is 15.9 Å². The van der Waals surface area contributed by atoms with E-state index in [2.05, 4.69) is 31.2 Å². The molecule has 3 rings (SSSR count). The monoisotopic (exact) mass is 335 g/mol. The first-order valence-corrected chi connectivity index (χ1v) is 7.30. The summed E-state index contributed by atoms with van der Waals surface area (Å²) in [7, 11) is 0. The molecule has 0 saturated carbocycles. The molecule has 0 radical (unpaired) electrons. The van der Waals surface area contributed by atoms with Crippen molar-refractivity contribution >= 4 is 21.8 Å². The second kappa shape index (κ2) is 5.70. The summed E-state index contributed by atoms with van der Waals surface area (Å²) >= 11 is 3.32.